The zero-order valence-electron chi connectivity index (χ0n) is 21.3. The average molecular weight is 501 g/mol. The summed E-state index contributed by atoms with van der Waals surface area (Å²) in [4.78, 5) is 39.7. The van der Waals surface area contributed by atoms with Crippen LogP contribution in [-0.2, 0) is 14.4 Å². The third-order valence-electron chi connectivity index (χ3n) is 6.34. The molecule has 1 unspecified atom stereocenters. The molecule has 3 aromatic rings. The highest BCUT2D eigenvalue weighted by atomic mass is 16.5. The van der Waals surface area contributed by atoms with Gasteiger partial charge in [0.25, 0.3) is 11.7 Å². The van der Waals surface area contributed by atoms with E-state index in [0.717, 1.165) is 5.56 Å². The quantitative estimate of drug-likeness (QED) is 0.283. The summed E-state index contributed by atoms with van der Waals surface area (Å²) in [5, 5.41) is 14.2. The summed E-state index contributed by atoms with van der Waals surface area (Å²) in [6.45, 7) is 5.03. The summed E-state index contributed by atoms with van der Waals surface area (Å²) in [6.07, 6.45) is 0. The van der Waals surface area contributed by atoms with E-state index in [2.05, 4.69) is 5.32 Å². The van der Waals surface area contributed by atoms with Gasteiger partial charge in [0.05, 0.1) is 25.8 Å². The van der Waals surface area contributed by atoms with Gasteiger partial charge < -0.3 is 19.9 Å². The minimum absolute atomic E-state index is 0.0481. The number of aliphatic hydroxyl groups is 1. The van der Waals surface area contributed by atoms with Crippen molar-refractivity contribution < 1.29 is 29.0 Å². The van der Waals surface area contributed by atoms with Crippen LogP contribution in [0, 0.1) is 13.8 Å². The second-order valence-electron chi connectivity index (χ2n) is 8.78. The minimum Gasteiger partial charge on any atom is -0.507 e. The molecule has 1 fully saturated rings. The van der Waals surface area contributed by atoms with Crippen LogP contribution in [0.5, 0.6) is 11.5 Å². The molecule has 1 aliphatic rings. The van der Waals surface area contributed by atoms with E-state index >= 15 is 0 Å². The van der Waals surface area contributed by atoms with Gasteiger partial charge in [0.2, 0.25) is 5.91 Å². The topological polar surface area (TPSA) is 105 Å². The maximum Gasteiger partial charge on any atom is 0.300 e. The van der Waals surface area contributed by atoms with Crippen LogP contribution < -0.4 is 19.7 Å². The van der Waals surface area contributed by atoms with Gasteiger partial charge in [-0.1, -0.05) is 18.2 Å². The second-order valence-corrected chi connectivity index (χ2v) is 8.78. The maximum absolute atomic E-state index is 13.5. The zero-order chi connectivity index (χ0) is 26.9. The molecule has 2 amide bonds. The smallest absolute Gasteiger partial charge is 0.300 e. The fraction of sp³-hybridized carbons (Fsp3) is 0.207. The predicted octanol–water partition coefficient (Wildman–Crippen LogP) is 4.91. The number of aliphatic hydroxyl groups excluding tert-OH is 1. The number of carbonyl (C=O) groups excluding carboxylic acids is 3. The second kappa shape index (κ2) is 10.2. The number of nitrogens with zero attached hydrogens (tertiary/aromatic N) is 1. The monoisotopic (exact) mass is 500 g/mol. The molecule has 4 rings (SSSR count). The molecule has 0 saturated carbocycles. The molecular formula is C29H28N2O6. The van der Waals surface area contributed by atoms with Gasteiger partial charge in [-0.25, -0.2) is 0 Å². The first-order valence-electron chi connectivity index (χ1n) is 11.6. The lowest BCUT2D eigenvalue weighted by Gasteiger charge is -2.27. The van der Waals surface area contributed by atoms with E-state index in [1.807, 2.05) is 6.92 Å². The van der Waals surface area contributed by atoms with E-state index < -0.39 is 17.7 Å². The number of nitrogens with one attached hydrogen (secondary N) is 1. The van der Waals surface area contributed by atoms with Gasteiger partial charge in [-0.2, -0.15) is 0 Å². The third-order valence-corrected chi connectivity index (χ3v) is 6.34. The van der Waals surface area contributed by atoms with Crippen molar-refractivity contribution in [1.82, 2.24) is 0 Å². The van der Waals surface area contributed by atoms with Gasteiger partial charge >= 0.3 is 0 Å². The molecule has 0 aliphatic carbocycles. The standard InChI is InChI=1S/C29H28N2O6/c1-16-15-24(37-5)17(2)14-22(16)27(33)25-26(21-8-6-7-9-23(21)36-4)31(29(35)28(25)34)20-12-10-19(11-13-20)30-18(3)32/h6-15,26,33H,1-5H3,(H,30,32)/b27-25+. The highest BCUT2D eigenvalue weighted by Gasteiger charge is 2.48. The molecule has 1 saturated heterocycles. The number of Topliss-reactive ketones (excluding diaryl/α,β-unsaturated/α-hetero) is 1. The van der Waals surface area contributed by atoms with Crippen LogP contribution in [-0.4, -0.2) is 36.9 Å². The molecule has 1 atom stereocenters. The number of aryl methyl sites for hydroxylation is 2. The first kappa shape index (κ1) is 25.5. The molecule has 3 aromatic carbocycles. The number of rotatable bonds is 6. The fourth-order valence-corrected chi connectivity index (χ4v) is 4.60. The van der Waals surface area contributed by atoms with Gasteiger partial charge in [-0.3, -0.25) is 19.3 Å². The predicted molar refractivity (Wildman–Crippen MR) is 141 cm³/mol. The molecule has 0 radical (unpaired) electrons. The summed E-state index contributed by atoms with van der Waals surface area (Å²) >= 11 is 0. The highest BCUT2D eigenvalue weighted by Crippen LogP contribution is 2.45. The van der Waals surface area contributed by atoms with Crippen molar-refractivity contribution in [3.8, 4) is 11.5 Å². The third kappa shape index (κ3) is 4.65. The summed E-state index contributed by atoms with van der Waals surface area (Å²) in [7, 11) is 3.07. The van der Waals surface area contributed by atoms with Crippen molar-refractivity contribution in [1.29, 1.82) is 0 Å². The average Bonchev–Trinajstić information content (AvgIpc) is 3.14. The summed E-state index contributed by atoms with van der Waals surface area (Å²) in [5.74, 6) is -1.00. The van der Waals surface area contributed by atoms with Crippen molar-refractivity contribution in [2.75, 3.05) is 24.4 Å². The normalized spacial score (nSPS) is 16.6. The van der Waals surface area contributed by atoms with Crippen LogP contribution in [0.15, 0.2) is 66.2 Å². The Morgan fingerprint density at radius 1 is 0.919 bits per heavy atom. The van der Waals surface area contributed by atoms with Gasteiger partial charge in [0.15, 0.2) is 0 Å². The number of para-hydroxylation sites is 1. The molecule has 1 aliphatic heterocycles. The van der Waals surface area contributed by atoms with Gasteiger partial charge in [0, 0.05) is 29.4 Å². The number of ether oxygens (including phenoxy) is 2. The SMILES string of the molecule is COc1cc(C)c(/C(O)=C2\C(=O)C(=O)N(c3ccc(NC(C)=O)cc3)C2c2ccccc2OC)cc1C. The number of carbonyl (C=O) groups is 3. The van der Waals surface area contributed by atoms with E-state index in [4.69, 9.17) is 9.47 Å². The molecule has 0 bridgehead atoms. The number of anilines is 2. The first-order valence-corrected chi connectivity index (χ1v) is 11.6. The van der Waals surface area contributed by atoms with Crippen LogP contribution in [0.3, 0.4) is 0 Å². The van der Waals surface area contributed by atoms with Gasteiger partial charge in [-0.15, -0.1) is 0 Å². The number of methoxy groups -OCH3 is 2. The van der Waals surface area contributed by atoms with Crippen molar-refractivity contribution in [2.24, 2.45) is 0 Å². The molecule has 8 nitrogen and oxygen atoms in total. The lowest BCUT2D eigenvalue weighted by Crippen LogP contribution is -2.29. The molecule has 8 heteroatoms. The summed E-state index contributed by atoms with van der Waals surface area (Å²) in [6, 6.07) is 16.2. The largest absolute Gasteiger partial charge is 0.507 e. The van der Waals surface area contributed by atoms with Crippen LogP contribution >= 0.6 is 0 Å². The highest BCUT2D eigenvalue weighted by molar-refractivity contribution is 6.51. The summed E-state index contributed by atoms with van der Waals surface area (Å²) in [5.41, 5.74) is 3.35. The van der Waals surface area contributed by atoms with E-state index in [1.165, 1.54) is 18.9 Å². The zero-order valence-corrected chi connectivity index (χ0v) is 21.3. The minimum atomic E-state index is -0.954. The van der Waals surface area contributed by atoms with E-state index in [0.29, 0.717) is 39.6 Å². The fourth-order valence-electron chi connectivity index (χ4n) is 4.60. The van der Waals surface area contributed by atoms with Crippen LogP contribution in [0.1, 0.15) is 35.2 Å². The van der Waals surface area contributed by atoms with Gasteiger partial charge in [0.1, 0.15) is 17.3 Å². The van der Waals surface area contributed by atoms with E-state index in [1.54, 1.807) is 74.7 Å². The summed E-state index contributed by atoms with van der Waals surface area (Å²) < 4.78 is 10.9. The Labute approximate surface area is 215 Å². The van der Waals surface area contributed by atoms with Crippen molar-refractivity contribution >= 4 is 34.7 Å². The Morgan fingerprint density at radius 2 is 1.57 bits per heavy atom. The Bertz CT molecular complexity index is 1420. The van der Waals surface area contributed by atoms with Crippen LogP contribution in [0.2, 0.25) is 0 Å². The molecular weight excluding hydrogens is 472 g/mol. The molecule has 37 heavy (non-hydrogen) atoms. The molecule has 0 spiro atoms. The Hall–Kier alpha value is -4.59. The van der Waals surface area contributed by atoms with Crippen LogP contribution in [0.25, 0.3) is 5.76 Å². The number of amides is 2. The molecule has 2 N–H and O–H groups in total. The lowest BCUT2D eigenvalue weighted by molar-refractivity contribution is -0.132. The Kier molecular flexibility index (Phi) is 7.02. The number of benzene rings is 3. The molecule has 190 valence electrons. The van der Waals surface area contributed by atoms with Crippen molar-refractivity contribution in [3.63, 3.8) is 0 Å². The first-order chi connectivity index (χ1) is 17.7. The van der Waals surface area contributed by atoms with Crippen molar-refractivity contribution in [2.45, 2.75) is 26.8 Å². The number of ketones is 1. The maximum atomic E-state index is 13.5. The van der Waals surface area contributed by atoms with Crippen molar-refractivity contribution in [3.05, 3.63) is 88.5 Å². The molecule has 1 heterocycles. The van der Waals surface area contributed by atoms with Gasteiger partial charge in [-0.05, 0) is 67.4 Å². The van der Waals surface area contributed by atoms with E-state index in [9.17, 15) is 19.5 Å². The Morgan fingerprint density at radius 3 is 2.19 bits per heavy atom. The Balaban J connectivity index is 1.95. The van der Waals surface area contributed by atoms with E-state index in [-0.39, 0.29) is 17.2 Å². The number of hydrogen-bond acceptors (Lipinski definition) is 6. The molecule has 0 aromatic heterocycles. The number of hydrogen-bond donors (Lipinski definition) is 2. The lowest BCUT2D eigenvalue weighted by atomic mass is 9.92. The van der Waals surface area contributed by atoms with Crippen LogP contribution in [0.4, 0.5) is 11.4 Å².